The molecule has 43 heavy (non-hydrogen) atoms. The second-order valence-electron chi connectivity index (χ2n) is 9.73. The molecule has 218 valence electrons. The van der Waals surface area contributed by atoms with Crippen LogP contribution in [0.3, 0.4) is 0 Å². The van der Waals surface area contributed by atoms with Crippen molar-refractivity contribution in [3.8, 4) is 33.9 Å². The van der Waals surface area contributed by atoms with Crippen molar-refractivity contribution in [2.75, 3.05) is 11.6 Å². The number of imidazole rings is 1. The Hall–Kier alpha value is -5.15. The summed E-state index contributed by atoms with van der Waals surface area (Å²) in [7, 11) is -3.49. The summed E-state index contributed by atoms with van der Waals surface area (Å²) in [5, 5.41) is 9.78. The zero-order valence-corrected chi connectivity index (χ0v) is 23.6. The third kappa shape index (κ3) is 5.67. The van der Waals surface area contributed by atoms with E-state index < -0.39 is 21.7 Å². The SMILES string of the molecule is CCC(=O)Nc1cncc(-c2cnc3[nH]nc(-c4nc5c(-c6cc(F)cc(CNS(C)(=O)=O)c6)nccc5[nH]4)c3c2F)c1. The fourth-order valence-corrected chi connectivity index (χ4v) is 5.02. The normalized spacial score (nSPS) is 11.8. The first kappa shape index (κ1) is 28.0. The van der Waals surface area contributed by atoms with Gasteiger partial charge >= 0.3 is 0 Å². The smallest absolute Gasteiger partial charge is 0.224 e. The molecule has 0 saturated heterocycles. The van der Waals surface area contributed by atoms with Crippen molar-refractivity contribution in [1.82, 2.24) is 39.8 Å². The largest absolute Gasteiger partial charge is 0.336 e. The Morgan fingerprint density at radius 1 is 1.02 bits per heavy atom. The van der Waals surface area contributed by atoms with Crippen LogP contribution in [-0.2, 0) is 21.4 Å². The van der Waals surface area contributed by atoms with Gasteiger partial charge in [0.15, 0.2) is 11.5 Å². The Kier molecular flexibility index (Phi) is 7.11. The number of aromatic nitrogens is 7. The topological polar surface area (TPSA) is 171 Å². The number of amides is 1. The number of sulfonamides is 1. The standard InChI is InChI=1S/C28H23F2N9O3S/c1-3-21(40)35-18-9-16(11-31-12-18)19-13-33-27-22(23(19)30)26(38-39-27)28-36-20-4-5-32-24(25(20)37-28)15-6-14(7-17(29)8-15)10-34-43(2,41)42/h4-9,11-13,34H,3,10H2,1-2H3,(H,35,40)(H,36,37)(H,33,38,39). The highest BCUT2D eigenvalue weighted by molar-refractivity contribution is 7.88. The van der Waals surface area contributed by atoms with Crippen LogP contribution in [0.4, 0.5) is 14.5 Å². The molecular formula is C28H23F2N9O3S. The third-order valence-corrected chi connectivity index (χ3v) is 7.24. The lowest BCUT2D eigenvalue weighted by Crippen LogP contribution is -2.21. The van der Waals surface area contributed by atoms with Gasteiger partial charge in [-0.25, -0.2) is 31.9 Å². The van der Waals surface area contributed by atoms with Crippen molar-refractivity contribution >= 4 is 43.7 Å². The van der Waals surface area contributed by atoms with Gasteiger partial charge in [-0.15, -0.1) is 0 Å². The van der Waals surface area contributed by atoms with E-state index in [9.17, 15) is 17.6 Å². The molecule has 6 aromatic rings. The van der Waals surface area contributed by atoms with Crippen molar-refractivity contribution in [3.05, 3.63) is 72.3 Å². The summed E-state index contributed by atoms with van der Waals surface area (Å²) < 4.78 is 56.0. The maximum absolute atomic E-state index is 16.1. The number of anilines is 1. The van der Waals surface area contributed by atoms with Crippen molar-refractivity contribution in [2.45, 2.75) is 19.9 Å². The Morgan fingerprint density at radius 3 is 2.65 bits per heavy atom. The predicted octanol–water partition coefficient (Wildman–Crippen LogP) is 4.30. The van der Waals surface area contributed by atoms with Crippen LogP contribution in [0, 0.1) is 11.6 Å². The van der Waals surface area contributed by atoms with Crippen LogP contribution in [0.5, 0.6) is 0 Å². The van der Waals surface area contributed by atoms with Gasteiger partial charge in [-0.05, 0) is 35.9 Å². The number of hydrogen-bond donors (Lipinski definition) is 4. The van der Waals surface area contributed by atoms with Gasteiger partial charge in [-0.2, -0.15) is 5.10 Å². The molecule has 0 unspecified atom stereocenters. The summed E-state index contributed by atoms with van der Waals surface area (Å²) in [6, 6.07) is 7.37. The molecule has 5 heterocycles. The summed E-state index contributed by atoms with van der Waals surface area (Å²) in [4.78, 5) is 32.4. The number of H-pyrrole nitrogens is 2. The Balaban J connectivity index is 1.42. The molecule has 4 N–H and O–H groups in total. The van der Waals surface area contributed by atoms with Crippen LogP contribution in [0.1, 0.15) is 18.9 Å². The second kappa shape index (κ2) is 10.9. The van der Waals surface area contributed by atoms with Gasteiger partial charge in [0, 0.05) is 48.2 Å². The first-order valence-corrected chi connectivity index (χ1v) is 14.9. The molecular weight excluding hydrogens is 580 g/mol. The molecule has 1 aromatic carbocycles. The van der Waals surface area contributed by atoms with E-state index in [1.165, 1.54) is 36.9 Å². The lowest BCUT2D eigenvalue weighted by molar-refractivity contribution is -0.115. The zero-order chi connectivity index (χ0) is 30.3. The molecule has 0 aliphatic heterocycles. The molecule has 0 fully saturated rings. The number of nitrogens with zero attached hydrogens (tertiary/aromatic N) is 5. The minimum atomic E-state index is -3.49. The van der Waals surface area contributed by atoms with Gasteiger partial charge in [-0.1, -0.05) is 6.92 Å². The molecule has 1 amide bonds. The predicted molar refractivity (Wildman–Crippen MR) is 156 cm³/mol. The van der Waals surface area contributed by atoms with Gasteiger partial charge in [-0.3, -0.25) is 19.9 Å². The van der Waals surface area contributed by atoms with E-state index in [1.54, 1.807) is 25.1 Å². The van der Waals surface area contributed by atoms with Crippen LogP contribution in [0.15, 0.2) is 55.1 Å². The first-order valence-electron chi connectivity index (χ1n) is 13.0. The molecule has 15 heteroatoms. The second-order valence-corrected chi connectivity index (χ2v) is 11.6. The highest BCUT2D eigenvalue weighted by atomic mass is 32.2. The number of carbonyl (C=O) groups excluding carboxylic acids is 1. The van der Waals surface area contributed by atoms with Gasteiger partial charge in [0.2, 0.25) is 15.9 Å². The minimum Gasteiger partial charge on any atom is -0.336 e. The number of rotatable bonds is 8. The summed E-state index contributed by atoms with van der Waals surface area (Å²) >= 11 is 0. The number of aromatic amines is 2. The van der Waals surface area contributed by atoms with E-state index in [2.05, 4.69) is 45.2 Å². The van der Waals surface area contributed by atoms with Gasteiger partial charge in [0.1, 0.15) is 22.8 Å². The Morgan fingerprint density at radius 2 is 1.86 bits per heavy atom. The number of halogens is 2. The summed E-state index contributed by atoms with van der Waals surface area (Å²) in [5.74, 6) is -1.19. The molecule has 6 rings (SSSR count). The average molecular weight is 604 g/mol. The van der Waals surface area contributed by atoms with Crippen molar-refractivity contribution in [3.63, 3.8) is 0 Å². The molecule has 0 radical (unpaired) electrons. The van der Waals surface area contributed by atoms with Gasteiger partial charge in [0.25, 0.3) is 0 Å². The number of pyridine rings is 3. The highest BCUT2D eigenvalue weighted by Gasteiger charge is 2.22. The number of fused-ring (bicyclic) bond motifs is 2. The third-order valence-electron chi connectivity index (χ3n) is 6.57. The van der Waals surface area contributed by atoms with Crippen LogP contribution >= 0.6 is 0 Å². The first-order chi connectivity index (χ1) is 20.6. The van der Waals surface area contributed by atoms with Crippen molar-refractivity contribution in [2.24, 2.45) is 0 Å². The summed E-state index contributed by atoms with van der Waals surface area (Å²) in [6.45, 7) is 1.61. The Bertz CT molecular complexity index is 2140. The van der Waals surface area contributed by atoms with E-state index in [1.807, 2.05) is 0 Å². The van der Waals surface area contributed by atoms with E-state index in [-0.39, 0.29) is 47.0 Å². The van der Waals surface area contributed by atoms with Gasteiger partial charge < -0.3 is 10.3 Å². The molecule has 12 nitrogen and oxygen atoms in total. The van der Waals surface area contributed by atoms with Crippen molar-refractivity contribution in [1.29, 1.82) is 0 Å². The van der Waals surface area contributed by atoms with E-state index in [0.717, 1.165) is 6.26 Å². The van der Waals surface area contributed by atoms with Crippen LogP contribution in [-0.4, -0.2) is 55.7 Å². The molecule has 0 bridgehead atoms. The van der Waals surface area contributed by atoms with Gasteiger partial charge in [0.05, 0.1) is 34.7 Å². The number of carbonyl (C=O) groups is 1. The van der Waals surface area contributed by atoms with Crippen molar-refractivity contribution < 1.29 is 22.0 Å². The minimum absolute atomic E-state index is 0.0777. The van der Waals surface area contributed by atoms with Crippen LogP contribution in [0.25, 0.3) is 56.0 Å². The summed E-state index contributed by atoms with van der Waals surface area (Å²) in [6.07, 6.45) is 7.09. The highest BCUT2D eigenvalue weighted by Crippen LogP contribution is 2.34. The lowest BCUT2D eigenvalue weighted by atomic mass is 10.1. The molecule has 0 atom stereocenters. The molecule has 0 spiro atoms. The zero-order valence-electron chi connectivity index (χ0n) is 22.7. The monoisotopic (exact) mass is 603 g/mol. The fraction of sp³-hybridized carbons (Fsp3) is 0.143. The number of benzene rings is 1. The Labute approximate surface area is 243 Å². The molecule has 0 aliphatic carbocycles. The number of hydrogen-bond acceptors (Lipinski definition) is 8. The average Bonchev–Trinajstić information content (AvgIpc) is 3.60. The quantitative estimate of drug-likeness (QED) is 0.199. The maximum Gasteiger partial charge on any atom is 0.224 e. The van der Waals surface area contributed by atoms with Crippen LogP contribution in [0.2, 0.25) is 0 Å². The summed E-state index contributed by atoms with van der Waals surface area (Å²) in [5.41, 5.74) is 3.30. The number of nitrogens with one attached hydrogen (secondary N) is 4. The molecule has 0 saturated carbocycles. The van der Waals surface area contributed by atoms with E-state index >= 15 is 4.39 Å². The van der Waals surface area contributed by atoms with Crippen LogP contribution < -0.4 is 10.0 Å². The lowest BCUT2D eigenvalue weighted by Gasteiger charge is -2.07. The van der Waals surface area contributed by atoms with E-state index in [0.29, 0.717) is 39.1 Å². The molecule has 5 aromatic heterocycles. The van der Waals surface area contributed by atoms with E-state index in [4.69, 9.17) is 0 Å². The maximum atomic E-state index is 16.1. The molecule has 0 aliphatic rings. The fourth-order valence-electron chi connectivity index (χ4n) is 4.59.